The molecule has 288 valence electrons. The highest BCUT2D eigenvalue weighted by Crippen LogP contribution is 2.61. The van der Waals surface area contributed by atoms with Crippen LogP contribution in [0.5, 0.6) is 0 Å². The van der Waals surface area contributed by atoms with E-state index in [1.54, 1.807) is 0 Å². The molecule has 2 heterocycles. The number of benzene rings is 7. The average molecular weight is 771 g/mol. The number of hydrogen-bond donors (Lipinski definition) is 0. The Labute approximate surface area is 352 Å². The summed E-state index contributed by atoms with van der Waals surface area (Å²) in [6, 6.07) is 72.1. The minimum atomic E-state index is 0.0197. The first kappa shape index (κ1) is 36.0. The van der Waals surface area contributed by atoms with E-state index in [0.717, 1.165) is 25.1 Å². The second-order valence-corrected chi connectivity index (χ2v) is 16.1. The van der Waals surface area contributed by atoms with E-state index in [1.165, 1.54) is 88.9 Å². The summed E-state index contributed by atoms with van der Waals surface area (Å²) in [5, 5.41) is 2.56. The van der Waals surface area contributed by atoms with Crippen molar-refractivity contribution < 1.29 is 0 Å². The van der Waals surface area contributed by atoms with Crippen LogP contribution in [0.4, 0.5) is 0 Å². The van der Waals surface area contributed by atoms with Crippen molar-refractivity contribution >= 4 is 33.0 Å². The van der Waals surface area contributed by atoms with Crippen LogP contribution < -0.4 is 0 Å². The number of rotatable bonds is 8. The molecule has 9 aromatic rings. The van der Waals surface area contributed by atoms with Gasteiger partial charge in [-0.05, 0) is 94.1 Å². The molecular weight excluding hydrogens is 725 g/mol. The molecule has 0 spiro atoms. The van der Waals surface area contributed by atoms with Crippen LogP contribution in [-0.4, -0.2) is 9.13 Å². The Morgan fingerprint density at radius 3 is 1.70 bits per heavy atom. The summed E-state index contributed by atoms with van der Waals surface area (Å²) in [5.74, 6) is 0.0449. The zero-order valence-electron chi connectivity index (χ0n) is 33.9. The predicted molar refractivity (Wildman–Crippen MR) is 252 cm³/mol. The van der Waals surface area contributed by atoms with Gasteiger partial charge in [0.2, 0.25) is 0 Å². The topological polar surface area (TPSA) is 9.86 Å². The molecule has 0 bridgehead atoms. The van der Waals surface area contributed by atoms with E-state index in [0.29, 0.717) is 0 Å². The van der Waals surface area contributed by atoms with Gasteiger partial charge in [0.1, 0.15) is 0 Å². The van der Waals surface area contributed by atoms with Gasteiger partial charge in [-0.2, -0.15) is 0 Å². The van der Waals surface area contributed by atoms with Crippen LogP contribution in [0.15, 0.2) is 218 Å². The molecule has 2 aliphatic rings. The lowest BCUT2D eigenvalue weighted by Gasteiger charge is -2.39. The summed E-state index contributed by atoms with van der Waals surface area (Å²) in [6.07, 6.45) is 9.44. The molecule has 2 aliphatic carbocycles. The molecule has 11 rings (SSSR count). The van der Waals surface area contributed by atoms with Gasteiger partial charge in [0.05, 0.1) is 11.4 Å². The monoisotopic (exact) mass is 770 g/mol. The molecule has 0 amide bonds. The lowest BCUT2D eigenvalue weighted by molar-refractivity contribution is 0.712. The van der Waals surface area contributed by atoms with E-state index >= 15 is 0 Å². The van der Waals surface area contributed by atoms with Crippen LogP contribution >= 0.6 is 0 Å². The first-order chi connectivity index (χ1) is 29.8. The van der Waals surface area contributed by atoms with Crippen molar-refractivity contribution in [1.29, 1.82) is 0 Å². The summed E-state index contributed by atoms with van der Waals surface area (Å²) < 4.78 is 5.09. The van der Waals surface area contributed by atoms with E-state index in [2.05, 4.69) is 228 Å². The summed E-state index contributed by atoms with van der Waals surface area (Å²) >= 11 is 0. The van der Waals surface area contributed by atoms with Gasteiger partial charge in [0.25, 0.3) is 0 Å². The van der Waals surface area contributed by atoms with E-state index in [9.17, 15) is 0 Å². The number of nitrogens with zero attached hydrogens (tertiary/aromatic N) is 2. The van der Waals surface area contributed by atoms with Crippen molar-refractivity contribution in [2.75, 3.05) is 0 Å². The maximum atomic E-state index is 2.63. The van der Waals surface area contributed by atoms with Gasteiger partial charge in [0.15, 0.2) is 0 Å². The molecule has 2 atom stereocenters. The van der Waals surface area contributed by atoms with Crippen LogP contribution in [0.25, 0.3) is 61.2 Å². The minimum Gasteiger partial charge on any atom is -0.341 e. The number of aryl methyl sites for hydroxylation is 1. The summed E-state index contributed by atoms with van der Waals surface area (Å²) in [4.78, 5) is 0. The molecule has 0 saturated heterocycles. The third-order valence-electron chi connectivity index (χ3n) is 12.8. The van der Waals surface area contributed by atoms with Crippen LogP contribution in [-0.2, 0) is 6.54 Å². The van der Waals surface area contributed by atoms with Crippen molar-refractivity contribution in [2.45, 2.75) is 38.1 Å². The van der Waals surface area contributed by atoms with Gasteiger partial charge in [-0.15, -0.1) is 0 Å². The number of allylic oxidation sites excluding steroid dienone is 5. The molecule has 0 N–H and O–H groups in total. The van der Waals surface area contributed by atoms with Gasteiger partial charge in [-0.1, -0.05) is 188 Å². The lowest BCUT2D eigenvalue weighted by Crippen LogP contribution is -2.22. The normalized spacial score (nSPS) is 16.3. The molecule has 0 radical (unpaired) electrons. The maximum absolute atomic E-state index is 2.63. The zero-order valence-corrected chi connectivity index (χ0v) is 33.9. The summed E-state index contributed by atoms with van der Waals surface area (Å²) in [7, 11) is 0. The molecule has 0 fully saturated rings. The Morgan fingerprint density at radius 2 is 1.07 bits per heavy atom. The minimum absolute atomic E-state index is 0.0197. The van der Waals surface area contributed by atoms with Gasteiger partial charge in [0, 0.05) is 51.4 Å². The van der Waals surface area contributed by atoms with Crippen LogP contribution in [0.1, 0.15) is 59.4 Å². The molecule has 2 aromatic heterocycles. The second kappa shape index (κ2) is 15.2. The zero-order chi connectivity index (χ0) is 40.0. The lowest BCUT2D eigenvalue weighted by atomic mass is 9.63. The van der Waals surface area contributed by atoms with Crippen LogP contribution in [0, 0.1) is 0 Å². The van der Waals surface area contributed by atoms with Crippen molar-refractivity contribution in [3.63, 3.8) is 0 Å². The van der Waals surface area contributed by atoms with E-state index < -0.39 is 0 Å². The standard InChI is InChI=1S/C58H46N2/c1-2-59-49-36-22-21-35-47(49)48-39-46(37-38-50(48)59)60-57(44-31-17-7-18-32-44)55-53(42-27-13-5-14-28-42)51(40-23-9-3-10-24-40)52(41-25-11-4-12-26-41)54(43-29-15-6-16-30-43)56(55)58(60)45-33-19-8-20-34-45/h3-5,7-15,17-39,52,54H,2,6,16H2,1H3. The summed E-state index contributed by atoms with van der Waals surface area (Å²) in [5.41, 5.74) is 19.1. The first-order valence-corrected chi connectivity index (χ1v) is 21.5. The number of para-hydroxylation sites is 1. The number of aromatic nitrogens is 2. The fraction of sp³-hybridized carbons (Fsp3) is 0.103. The third kappa shape index (κ3) is 5.86. The second-order valence-electron chi connectivity index (χ2n) is 16.1. The smallest absolute Gasteiger partial charge is 0.0616 e. The molecule has 2 nitrogen and oxygen atoms in total. The molecule has 2 heteroatoms. The number of hydrogen-bond acceptors (Lipinski definition) is 0. The van der Waals surface area contributed by atoms with Crippen molar-refractivity contribution in [3.05, 3.63) is 246 Å². The SMILES string of the molecule is CCn1c2ccccc2c2cc(-n3c(-c4ccccc4)c4c(c3-c3ccccc3)C(C3=CCCC=C3)C(c3ccccc3)C(c3ccccc3)=C4c3ccccc3)ccc21. The Kier molecular flexibility index (Phi) is 9.12. The van der Waals surface area contributed by atoms with Crippen molar-refractivity contribution in [3.8, 4) is 28.2 Å². The van der Waals surface area contributed by atoms with Gasteiger partial charge >= 0.3 is 0 Å². The largest absolute Gasteiger partial charge is 0.341 e. The Hall–Kier alpha value is -7.16. The fourth-order valence-corrected chi connectivity index (χ4v) is 10.4. The van der Waals surface area contributed by atoms with E-state index in [4.69, 9.17) is 0 Å². The quantitative estimate of drug-likeness (QED) is 0.146. The van der Waals surface area contributed by atoms with Crippen molar-refractivity contribution in [1.82, 2.24) is 9.13 Å². The average Bonchev–Trinajstić information content (AvgIpc) is 3.85. The van der Waals surface area contributed by atoms with Crippen LogP contribution in [0.2, 0.25) is 0 Å². The first-order valence-electron chi connectivity index (χ1n) is 21.5. The van der Waals surface area contributed by atoms with E-state index in [1.807, 2.05) is 0 Å². The van der Waals surface area contributed by atoms with Crippen molar-refractivity contribution in [2.24, 2.45) is 0 Å². The van der Waals surface area contributed by atoms with Crippen LogP contribution in [0.3, 0.4) is 0 Å². The maximum Gasteiger partial charge on any atom is 0.0616 e. The molecule has 60 heavy (non-hydrogen) atoms. The Balaban J connectivity index is 1.39. The fourth-order valence-electron chi connectivity index (χ4n) is 10.4. The Bertz CT molecular complexity index is 3090. The highest BCUT2D eigenvalue weighted by molar-refractivity contribution is 6.11. The highest BCUT2D eigenvalue weighted by Gasteiger charge is 2.44. The predicted octanol–water partition coefficient (Wildman–Crippen LogP) is 15.1. The molecule has 2 unspecified atom stereocenters. The van der Waals surface area contributed by atoms with E-state index in [-0.39, 0.29) is 11.8 Å². The van der Waals surface area contributed by atoms with Gasteiger partial charge < -0.3 is 9.13 Å². The molecule has 7 aromatic carbocycles. The molecule has 0 aliphatic heterocycles. The van der Waals surface area contributed by atoms with Gasteiger partial charge in [-0.25, -0.2) is 0 Å². The molecular formula is C58H46N2. The van der Waals surface area contributed by atoms with Gasteiger partial charge in [-0.3, -0.25) is 0 Å². The Morgan fingerprint density at radius 1 is 0.500 bits per heavy atom. The summed E-state index contributed by atoms with van der Waals surface area (Å²) in [6.45, 7) is 3.16. The number of fused-ring (bicyclic) bond motifs is 4. The molecule has 0 saturated carbocycles. The third-order valence-corrected chi connectivity index (χ3v) is 12.8. The highest BCUT2D eigenvalue weighted by atomic mass is 15.0.